The van der Waals surface area contributed by atoms with Crippen LogP contribution >= 0.6 is 11.6 Å². The Hall–Kier alpha value is -2.39. The maximum absolute atomic E-state index is 6.00. The largest absolute Gasteiger partial charge is 0.277 e. The van der Waals surface area contributed by atoms with Gasteiger partial charge in [-0.15, -0.1) is 0 Å². The van der Waals surface area contributed by atoms with Gasteiger partial charge in [0.05, 0.1) is 16.9 Å². The number of aryl methyl sites for hydroxylation is 1. The van der Waals surface area contributed by atoms with Gasteiger partial charge in [0.25, 0.3) is 0 Å². The number of hydrazone groups is 1. The number of benzene rings is 2. The van der Waals surface area contributed by atoms with Gasteiger partial charge in [0.15, 0.2) is 0 Å². The van der Waals surface area contributed by atoms with Gasteiger partial charge in [-0.3, -0.25) is 10.4 Å². The summed E-state index contributed by atoms with van der Waals surface area (Å²) in [6.07, 6.45) is 1.75. The van der Waals surface area contributed by atoms with Gasteiger partial charge < -0.3 is 0 Å². The van der Waals surface area contributed by atoms with Crippen molar-refractivity contribution < 1.29 is 0 Å². The fourth-order valence-corrected chi connectivity index (χ4v) is 2.39. The van der Waals surface area contributed by atoms with E-state index in [1.807, 2.05) is 31.2 Å². The van der Waals surface area contributed by atoms with Gasteiger partial charge in [0, 0.05) is 16.6 Å². The summed E-state index contributed by atoms with van der Waals surface area (Å²) in [7, 11) is 0. The predicted molar refractivity (Wildman–Crippen MR) is 93.8 cm³/mol. The number of hydrogen-bond donors (Lipinski definition) is 1. The average molecular weight is 310 g/mol. The second-order valence-electron chi connectivity index (χ2n) is 5.20. The van der Waals surface area contributed by atoms with E-state index in [0.717, 1.165) is 27.9 Å². The Labute approximate surface area is 134 Å². The molecular weight excluding hydrogens is 294 g/mol. The summed E-state index contributed by atoms with van der Waals surface area (Å²) < 4.78 is 0. The lowest BCUT2D eigenvalue weighted by molar-refractivity contribution is 1.31. The molecule has 0 aliphatic rings. The zero-order valence-corrected chi connectivity index (χ0v) is 13.2. The van der Waals surface area contributed by atoms with Crippen LogP contribution in [0.2, 0.25) is 5.02 Å². The van der Waals surface area contributed by atoms with E-state index in [1.165, 1.54) is 5.56 Å². The van der Waals surface area contributed by atoms with Crippen molar-refractivity contribution in [1.29, 1.82) is 0 Å². The molecule has 0 bridgehead atoms. The lowest BCUT2D eigenvalue weighted by atomic mass is 10.1. The molecular formula is C18H16ClN3. The third kappa shape index (κ3) is 3.10. The van der Waals surface area contributed by atoms with E-state index in [-0.39, 0.29) is 0 Å². The summed E-state index contributed by atoms with van der Waals surface area (Å²) in [6.45, 7) is 4.06. The number of aromatic nitrogens is 1. The van der Waals surface area contributed by atoms with E-state index in [1.54, 1.807) is 6.20 Å². The highest BCUT2D eigenvalue weighted by Gasteiger charge is 2.02. The van der Waals surface area contributed by atoms with Crippen LogP contribution in [0.1, 0.15) is 18.1 Å². The van der Waals surface area contributed by atoms with Gasteiger partial charge in [-0.2, -0.15) is 5.10 Å². The Morgan fingerprint density at radius 1 is 1.09 bits per heavy atom. The normalized spacial score (nSPS) is 11.7. The van der Waals surface area contributed by atoms with Crippen LogP contribution in [0.5, 0.6) is 0 Å². The van der Waals surface area contributed by atoms with Crippen LogP contribution in [-0.4, -0.2) is 10.7 Å². The number of fused-ring (bicyclic) bond motifs is 1. The van der Waals surface area contributed by atoms with Crippen molar-refractivity contribution in [2.75, 3.05) is 5.43 Å². The van der Waals surface area contributed by atoms with E-state index in [9.17, 15) is 0 Å². The van der Waals surface area contributed by atoms with Crippen LogP contribution in [0.25, 0.3) is 10.9 Å². The zero-order valence-electron chi connectivity index (χ0n) is 12.5. The number of anilines is 1. The Bertz CT molecular complexity index is 839. The summed E-state index contributed by atoms with van der Waals surface area (Å²) >= 11 is 6.00. The first-order valence-electron chi connectivity index (χ1n) is 7.05. The van der Waals surface area contributed by atoms with E-state index >= 15 is 0 Å². The molecule has 0 saturated heterocycles. The molecule has 0 unspecified atom stereocenters. The third-order valence-corrected chi connectivity index (χ3v) is 3.75. The van der Waals surface area contributed by atoms with E-state index in [2.05, 4.69) is 46.7 Å². The molecule has 0 atom stereocenters. The Balaban J connectivity index is 1.90. The summed E-state index contributed by atoms with van der Waals surface area (Å²) in [4.78, 5) is 4.32. The van der Waals surface area contributed by atoms with Gasteiger partial charge in [-0.25, -0.2) is 0 Å². The molecule has 2 aromatic carbocycles. The fraction of sp³-hybridized carbons (Fsp3) is 0.111. The van der Waals surface area contributed by atoms with Crippen LogP contribution in [0.3, 0.4) is 0 Å². The fourth-order valence-electron chi connectivity index (χ4n) is 2.22. The quantitative estimate of drug-likeness (QED) is 0.544. The summed E-state index contributed by atoms with van der Waals surface area (Å²) in [5.74, 6) is 0. The first-order valence-corrected chi connectivity index (χ1v) is 7.43. The second-order valence-corrected chi connectivity index (χ2v) is 5.63. The maximum Gasteiger partial charge on any atom is 0.0738 e. The topological polar surface area (TPSA) is 37.3 Å². The molecule has 4 heteroatoms. The lowest BCUT2D eigenvalue weighted by Crippen LogP contribution is -2.00. The molecule has 110 valence electrons. The Kier molecular flexibility index (Phi) is 4.07. The molecule has 0 spiro atoms. The molecule has 1 heterocycles. The van der Waals surface area contributed by atoms with E-state index in [4.69, 9.17) is 11.6 Å². The number of halogens is 1. The van der Waals surface area contributed by atoms with Crippen LogP contribution in [0.4, 0.5) is 5.69 Å². The predicted octanol–water partition coefficient (Wildman–Crippen LogP) is 5.03. The molecule has 0 saturated carbocycles. The van der Waals surface area contributed by atoms with Gasteiger partial charge >= 0.3 is 0 Å². The van der Waals surface area contributed by atoms with Gasteiger partial charge in [0.1, 0.15) is 0 Å². The molecule has 0 aliphatic carbocycles. The van der Waals surface area contributed by atoms with Crippen molar-refractivity contribution in [1.82, 2.24) is 4.98 Å². The summed E-state index contributed by atoms with van der Waals surface area (Å²) in [5, 5.41) is 6.14. The first-order chi connectivity index (χ1) is 10.6. The molecule has 3 rings (SSSR count). The summed E-state index contributed by atoms with van der Waals surface area (Å²) in [5.41, 5.74) is 8.15. The molecule has 0 amide bonds. The molecule has 0 aliphatic heterocycles. The highest BCUT2D eigenvalue weighted by atomic mass is 35.5. The molecule has 3 aromatic rings. The SMILES string of the molecule is C/C(=N\Nc1ccnc2cc(Cl)ccc12)c1ccc(C)cc1. The smallest absolute Gasteiger partial charge is 0.0738 e. The van der Waals surface area contributed by atoms with Gasteiger partial charge in [-0.05, 0) is 43.7 Å². The van der Waals surface area contributed by atoms with Crippen molar-refractivity contribution in [3.05, 3.63) is 70.9 Å². The van der Waals surface area contributed by atoms with Crippen molar-refractivity contribution >= 4 is 33.9 Å². The standard InChI is InChI=1S/C18H16ClN3/c1-12-3-5-14(6-4-12)13(2)21-22-17-9-10-20-18-11-15(19)7-8-16(17)18/h3-11H,1-2H3,(H,20,22)/b21-13+. The number of nitrogens with one attached hydrogen (secondary N) is 1. The van der Waals surface area contributed by atoms with E-state index in [0.29, 0.717) is 5.02 Å². The van der Waals surface area contributed by atoms with Crippen molar-refractivity contribution in [3.63, 3.8) is 0 Å². The van der Waals surface area contributed by atoms with Crippen LogP contribution < -0.4 is 5.43 Å². The third-order valence-electron chi connectivity index (χ3n) is 3.52. The van der Waals surface area contributed by atoms with Crippen LogP contribution in [0.15, 0.2) is 59.8 Å². The van der Waals surface area contributed by atoms with E-state index < -0.39 is 0 Å². The monoisotopic (exact) mass is 309 g/mol. The highest BCUT2D eigenvalue weighted by molar-refractivity contribution is 6.31. The lowest BCUT2D eigenvalue weighted by Gasteiger charge is -2.07. The average Bonchev–Trinajstić information content (AvgIpc) is 2.52. The van der Waals surface area contributed by atoms with Gasteiger partial charge in [-0.1, -0.05) is 41.4 Å². The van der Waals surface area contributed by atoms with Gasteiger partial charge in [0.2, 0.25) is 0 Å². The Morgan fingerprint density at radius 2 is 1.86 bits per heavy atom. The van der Waals surface area contributed by atoms with Crippen molar-refractivity contribution in [2.45, 2.75) is 13.8 Å². The van der Waals surface area contributed by atoms with Crippen LogP contribution in [-0.2, 0) is 0 Å². The first kappa shape index (κ1) is 14.5. The van der Waals surface area contributed by atoms with Crippen LogP contribution in [0, 0.1) is 6.92 Å². The number of nitrogens with zero attached hydrogens (tertiary/aromatic N) is 2. The number of hydrogen-bond acceptors (Lipinski definition) is 3. The number of rotatable bonds is 3. The second kappa shape index (κ2) is 6.16. The molecule has 0 radical (unpaired) electrons. The minimum absolute atomic E-state index is 0.677. The minimum atomic E-state index is 0.677. The molecule has 0 fully saturated rings. The molecule has 1 N–H and O–H groups in total. The number of pyridine rings is 1. The van der Waals surface area contributed by atoms with Crippen molar-refractivity contribution in [2.24, 2.45) is 5.10 Å². The van der Waals surface area contributed by atoms with Crippen molar-refractivity contribution in [3.8, 4) is 0 Å². The molecule has 22 heavy (non-hydrogen) atoms. The zero-order chi connectivity index (χ0) is 15.5. The minimum Gasteiger partial charge on any atom is -0.277 e. The molecule has 3 nitrogen and oxygen atoms in total. The Morgan fingerprint density at radius 3 is 2.64 bits per heavy atom. The maximum atomic E-state index is 6.00. The highest BCUT2D eigenvalue weighted by Crippen LogP contribution is 2.24. The summed E-state index contributed by atoms with van der Waals surface area (Å²) in [6, 6.07) is 15.9. The molecule has 1 aromatic heterocycles.